The van der Waals surface area contributed by atoms with Gasteiger partial charge in [-0.15, -0.1) is 0 Å². The van der Waals surface area contributed by atoms with Crippen molar-refractivity contribution in [1.29, 1.82) is 5.26 Å². The lowest BCUT2D eigenvalue weighted by molar-refractivity contribution is -0.905. The Balaban J connectivity index is 1.62. The summed E-state index contributed by atoms with van der Waals surface area (Å²) in [5.41, 5.74) is 1.28. The van der Waals surface area contributed by atoms with E-state index in [0.29, 0.717) is 23.9 Å². The lowest BCUT2D eigenvalue weighted by atomic mass is 9.84. The number of hydrogen-bond acceptors (Lipinski definition) is 3. The summed E-state index contributed by atoms with van der Waals surface area (Å²) < 4.78 is 27.4. The van der Waals surface area contributed by atoms with Gasteiger partial charge in [0.25, 0.3) is 0 Å². The molecule has 0 aromatic heterocycles. The maximum Gasteiger partial charge on any atom is 0.243 e. The third-order valence-electron chi connectivity index (χ3n) is 5.84. The highest BCUT2D eigenvalue weighted by atomic mass is 32.2. The molecule has 2 aliphatic rings. The first-order valence-electron chi connectivity index (χ1n) is 9.84. The summed E-state index contributed by atoms with van der Waals surface area (Å²) in [6.45, 7) is 5.31. The number of nitriles is 1. The summed E-state index contributed by atoms with van der Waals surface area (Å²) in [4.78, 5) is 1.73. The van der Waals surface area contributed by atoms with Gasteiger partial charge in [-0.1, -0.05) is 31.4 Å². The average Bonchev–Trinajstić information content (AvgIpc) is 2.69. The molecule has 142 valence electrons. The summed E-state index contributed by atoms with van der Waals surface area (Å²) in [6.07, 6.45) is 6.32. The zero-order valence-corrected chi connectivity index (χ0v) is 16.5. The predicted octanol–water partition coefficient (Wildman–Crippen LogP) is 1.78. The van der Waals surface area contributed by atoms with Crippen molar-refractivity contribution in [1.82, 2.24) is 4.31 Å². The molecule has 1 aliphatic carbocycles. The van der Waals surface area contributed by atoms with Gasteiger partial charge < -0.3 is 4.90 Å². The van der Waals surface area contributed by atoms with E-state index in [0.717, 1.165) is 19.6 Å². The lowest BCUT2D eigenvalue weighted by Crippen LogP contribution is -3.15. The van der Waals surface area contributed by atoms with Gasteiger partial charge in [0.05, 0.1) is 49.6 Å². The van der Waals surface area contributed by atoms with Crippen LogP contribution in [-0.4, -0.2) is 45.4 Å². The Bertz CT molecular complexity index is 725. The number of benzene rings is 1. The molecule has 1 aliphatic heterocycles. The van der Waals surface area contributed by atoms with E-state index in [-0.39, 0.29) is 5.92 Å². The molecule has 0 radical (unpaired) electrons. The molecule has 0 amide bonds. The zero-order valence-electron chi connectivity index (χ0n) is 15.7. The highest BCUT2D eigenvalue weighted by molar-refractivity contribution is 7.89. The first-order valence-corrected chi connectivity index (χ1v) is 11.3. The number of quaternary nitrogens is 1. The molecule has 1 saturated carbocycles. The Morgan fingerprint density at radius 3 is 2.35 bits per heavy atom. The van der Waals surface area contributed by atoms with Crippen molar-refractivity contribution in [2.45, 2.75) is 49.8 Å². The zero-order chi connectivity index (χ0) is 18.6. The van der Waals surface area contributed by atoms with Gasteiger partial charge in [-0.3, -0.25) is 0 Å². The first-order chi connectivity index (χ1) is 12.5. The third-order valence-corrected chi connectivity index (χ3v) is 7.75. The Morgan fingerprint density at radius 1 is 1.15 bits per heavy atom. The molecule has 1 saturated heterocycles. The van der Waals surface area contributed by atoms with Crippen LogP contribution in [0.15, 0.2) is 29.2 Å². The van der Waals surface area contributed by atoms with Crippen LogP contribution in [0.25, 0.3) is 0 Å². The molecule has 26 heavy (non-hydrogen) atoms. The van der Waals surface area contributed by atoms with Crippen molar-refractivity contribution in [2.75, 3.05) is 32.7 Å². The van der Waals surface area contributed by atoms with Gasteiger partial charge in [0.2, 0.25) is 10.0 Å². The van der Waals surface area contributed by atoms with Crippen molar-refractivity contribution in [3.05, 3.63) is 29.8 Å². The van der Waals surface area contributed by atoms with Crippen LogP contribution in [0, 0.1) is 17.2 Å². The quantitative estimate of drug-likeness (QED) is 0.852. The number of piperazine rings is 1. The minimum absolute atomic E-state index is 0.0143. The van der Waals surface area contributed by atoms with Crippen molar-refractivity contribution in [2.24, 2.45) is 5.92 Å². The Hall–Kier alpha value is -1.42. The normalized spacial score (nSPS) is 22.0. The molecule has 1 N–H and O–H groups in total. The van der Waals surface area contributed by atoms with Gasteiger partial charge in [-0.2, -0.15) is 9.57 Å². The van der Waals surface area contributed by atoms with Crippen LogP contribution < -0.4 is 4.90 Å². The minimum Gasteiger partial charge on any atom is -0.332 e. The summed E-state index contributed by atoms with van der Waals surface area (Å²) >= 11 is 0. The fourth-order valence-electron chi connectivity index (χ4n) is 4.22. The van der Waals surface area contributed by atoms with Gasteiger partial charge in [-0.25, -0.2) is 8.42 Å². The maximum absolute atomic E-state index is 12.9. The van der Waals surface area contributed by atoms with Gasteiger partial charge in [0, 0.05) is 0 Å². The molecule has 1 atom stereocenters. The van der Waals surface area contributed by atoms with Crippen molar-refractivity contribution in [3.8, 4) is 6.07 Å². The van der Waals surface area contributed by atoms with Crippen LogP contribution in [0.1, 0.15) is 50.5 Å². The number of sulfonamides is 1. The van der Waals surface area contributed by atoms with Crippen LogP contribution in [0.5, 0.6) is 0 Å². The number of nitrogens with zero attached hydrogens (tertiary/aromatic N) is 2. The number of hydrogen-bond donors (Lipinski definition) is 1. The molecule has 1 heterocycles. The van der Waals surface area contributed by atoms with Crippen molar-refractivity contribution < 1.29 is 13.3 Å². The standard InChI is InChI=1S/C20H29N3O2S/c1-17(15-21)16-22-11-13-23(14-12-22)26(24,25)20-9-7-19(8-10-20)18-5-3-2-4-6-18/h7-10,17-18H,2-6,11-14,16H2,1H3/p+1/t17-/m1/s1. The molecule has 2 fully saturated rings. The van der Waals surface area contributed by atoms with E-state index < -0.39 is 10.0 Å². The van der Waals surface area contributed by atoms with Gasteiger partial charge in [-0.05, 0) is 43.4 Å². The van der Waals surface area contributed by atoms with E-state index in [1.54, 1.807) is 16.4 Å². The second-order valence-electron chi connectivity index (χ2n) is 7.79. The summed E-state index contributed by atoms with van der Waals surface area (Å²) in [5.74, 6) is 0.607. The maximum atomic E-state index is 12.9. The molecule has 5 nitrogen and oxygen atoms in total. The SMILES string of the molecule is C[C@H](C#N)C[NH+]1CCN(S(=O)(=O)c2ccc(C3CCCCC3)cc2)CC1. The van der Waals surface area contributed by atoms with Crippen LogP contribution in [0.4, 0.5) is 0 Å². The van der Waals surface area contributed by atoms with Crippen molar-refractivity contribution in [3.63, 3.8) is 0 Å². The number of rotatable bonds is 5. The van der Waals surface area contributed by atoms with Crippen LogP contribution >= 0.6 is 0 Å². The van der Waals surface area contributed by atoms with Crippen LogP contribution in [-0.2, 0) is 10.0 Å². The Labute approximate surface area is 157 Å². The molecule has 3 rings (SSSR count). The summed E-state index contributed by atoms with van der Waals surface area (Å²) in [5, 5.41) is 8.94. The highest BCUT2D eigenvalue weighted by Gasteiger charge is 2.31. The average molecular weight is 377 g/mol. The van der Waals surface area contributed by atoms with E-state index >= 15 is 0 Å². The van der Waals surface area contributed by atoms with E-state index in [1.807, 2.05) is 19.1 Å². The summed E-state index contributed by atoms with van der Waals surface area (Å²) in [6, 6.07) is 9.86. The van der Waals surface area contributed by atoms with Crippen LogP contribution in [0.3, 0.4) is 0 Å². The highest BCUT2D eigenvalue weighted by Crippen LogP contribution is 2.33. The van der Waals surface area contributed by atoms with E-state index in [4.69, 9.17) is 5.26 Å². The Morgan fingerprint density at radius 2 is 1.77 bits per heavy atom. The van der Waals surface area contributed by atoms with E-state index in [9.17, 15) is 8.42 Å². The molecular formula is C20H30N3O2S+. The fraction of sp³-hybridized carbons (Fsp3) is 0.650. The second-order valence-corrected chi connectivity index (χ2v) is 9.73. The van der Waals surface area contributed by atoms with Gasteiger partial charge in [0.1, 0.15) is 0 Å². The Kier molecular flexibility index (Phi) is 6.33. The topological polar surface area (TPSA) is 65.6 Å². The first kappa shape index (κ1) is 19.3. The molecule has 1 aromatic carbocycles. The van der Waals surface area contributed by atoms with Crippen LogP contribution in [0.2, 0.25) is 0 Å². The third kappa shape index (κ3) is 4.46. The number of nitrogens with one attached hydrogen (secondary N) is 1. The largest absolute Gasteiger partial charge is 0.332 e. The molecule has 1 aromatic rings. The van der Waals surface area contributed by atoms with Gasteiger partial charge >= 0.3 is 0 Å². The molecule has 0 spiro atoms. The van der Waals surface area contributed by atoms with Gasteiger partial charge in [0.15, 0.2) is 0 Å². The molecule has 6 heteroatoms. The second kappa shape index (κ2) is 8.51. The smallest absolute Gasteiger partial charge is 0.243 e. The molecule has 0 unspecified atom stereocenters. The lowest BCUT2D eigenvalue weighted by Gasteiger charge is -2.32. The monoisotopic (exact) mass is 376 g/mol. The fourth-order valence-corrected chi connectivity index (χ4v) is 5.66. The molecule has 0 bridgehead atoms. The van der Waals surface area contributed by atoms with E-state index in [1.165, 1.54) is 42.6 Å². The predicted molar refractivity (Wildman–Crippen MR) is 101 cm³/mol. The summed E-state index contributed by atoms with van der Waals surface area (Å²) in [7, 11) is -3.41. The minimum atomic E-state index is -3.41. The molecular weight excluding hydrogens is 346 g/mol. The van der Waals surface area contributed by atoms with E-state index in [2.05, 4.69) is 6.07 Å². The van der Waals surface area contributed by atoms with Crippen molar-refractivity contribution >= 4 is 10.0 Å².